The van der Waals surface area contributed by atoms with E-state index in [9.17, 15) is 9.18 Å². The van der Waals surface area contributed by atoms with E-state index in [2.05, 4.69) is 31.5 Å². The van der Waals surface area contributed by atoms with Crippen molar-refractivity contribution in [1.29, 1.82) is 0 Å². The number of anilines is 2. The largest absolute Gasteiger partial charge is 0.387 e. The zero-order valence-electron chi connectivity index (χ0n) is 10.1. The summed E-state index contributed by atoms with van der Waals surface area (Å²) < 4.78 is 14.2. The first-order chi connectivity index (χ1) is 9.10. The predicted octanol–water partition coefficient (Wildman–Crippen LogP) is 3.28. The molecule has 98 valence electrons. The molecule has 0 radical (unpaired) electrons. The first-order valence-corrected chi connectivity index (χ1v) is 6.29. The Morgan fingerprint density at radius 2 is 2.11 bits per heavy atom. The van der Waals surface area contributed by atoms with Crippen molar-refractivity contribution in [3.05, 3.63) is 52.5 Å². The van der Waals surface area contributed by atoms with Crippen LogP contribution in [-0.2, 0) is 0 Å². The summed E-state index contributed by atoms with van der Waals surface area (Å²) >= 11 is 3.22. The van der Waals surface area contributed by atoms with E-state index in [1.165, 1.54) is 18.3 Å². The molecule has 1 aromatic carbocycles. The summed E-state index contributed by atoms with van der Waals surface area (Å²) in [5, 5.41) is 5.38. The number of benzene rings is 1. The van der Waals surface area contributed by atoms with Gasteiger partial charge in [0.1, 0.15) is 11.5 Å². The van der Waals surface area contributed by atoms with Gasteiger partial charge in [-0.3, -0.25) is 4.79 Å². The number of rotatable bonds is 3. The van der Waals surface area contributed by atoms with Crippen LogP contribution in [0.3, 0.4) is 0 Å². The minimum Gasteiger partial charge on any atom is -0.387 e. The molecule has 0 fully saturated rings. The summed E-state index contributed by atoms with van der Waals surface area (Å²) in [6.07, 6.45) is 1.53. The fourth-order valence-electron chi connectivity index (χ4n) is 1.46. The van der Waals surface area contributed by atoms with E-state index in [1.54, 1.807) is 25.2 Å². The van der Waals surface area contributed by atoms with Crippen molar-refractivity contribution in [1.82, 2.24) is 4.98 Å². The van der Waals surface area contributed by atoms with E-state index >= 15 is 0 Å². The fourth-order valence-corrected chi connectivity index (χ4v) is 1.82. The molecule has 2 aromatic rings. The van der Waals surface area contributed by atoms with Gasteiger partial charge < -0.3 is 10.6 Å². The first-order valence-electron chi connectivity index (χ1n) is 5.50. The molecule has 0 aliphatic carbocycles. The highest BCUT2D eigenvalue weighted by Gasteiger charge is 2.10. The molecule has 0 atom stereocenters. The third-order valence-corrected chi connectivity index (χ3v) is 2.95. The highest BCUT2D eigenvalue weighted by Crippen LogP contribution is 2.20. The van der Waals surface area contributed by atoms with Crippen LogP contribution in [0.15, 0.2) is 41.0 Å². The highest BCUT2D eigenvalue weighted by molar-refractivity contribution is 9.10. The Kier molecular flexibility index (Phi) is 4.11. The van der Waals surface area contributed by atoms with Gasteiger partial charge in [-0.15, -0.1) is 0 Å². The smallest absolute Gasteiger partial charge is 0.274 e. The van der Waals surface area contributed by atoms with Gasteiger partial charge in [-0.2, -0.15) is 0 Å². The Bertz CT molecular complexity index is 601. The molecular weight excluding hydrogens is 313 g/mol. The van der Waals surface area contributed by atoms with Crippen LogP contribution in [0.1, 0.15) is 10.5 Å². The molecule has 0 bridgehead atoms. The van der Waals surface area contributed by atoms with Crippen molar-refractivity contribution < 1.29 is 9.18 Å². The number of nitrogens with one attached hydrogen (secondary N) is 2. The second-order valence-corrected chi connectivity index (χ2v) is 4.68. The summed E-state index contributed by atoms with van der Waals surface area (Å²) in [6.45, 7) is 0. The van der Waals surface area contributed by atoms with E-state index in [1.807, 2.05) is 0 Å². The Hall–Kier alpha value is -1.95. The zero-order chi connectivity index (χ0) is 13.8. The molecule has 1 heterocycles. The van der Waals surface area contributed by atoms with Crippen LogP contribution in [0.4, 0.5) is 15.8 Å². The zero-order valence-corrected chi connectivity index (χ0v) is 11.7. The highest BCUT2D eigenvalue weighted by atomic mass is 79.9. The van der Waals surface area contributed by atoms with Gasteiger partial charge in [0, 0.05) is 11.5 Å². The fraction of sp³-hybridized carbons (Fsp3) is 0.0769. The lowest BCUT2D eigenvalue weighted by Gasteiger charge is -2.07. The standard InChI is InChI=1S/C13H11BrFN3O/c1-16-9-3-5-11(17-7-9)13(19)18-12-6-8(14)2-4-10(12)15/h2-7,16H,1H3,(H,18,19). The lowest BCUT2D eigenvalue weighted by molar-refractivity contribution is 0.102. The number of carbonyl (C=O) groups excluding carboxylic acids is 1. The van der Waals surface area contributed by atoms with Gasteiger partial charge in [0.2, 0.25) is 0 Å². The SMILES string of the molecule is CNc1ccc(C(=O)Nc2cc(Br)ccc2F)nc1. The van der Waals surface area contributed by atoms with Crippen molar-refractivity contribution in [2.45, 2.75) is 0 Å². The van der Waals surface area contributed by atoms with Crippen molar-refractivity contribution >= 4 is 33.2 Å². The van der Waals surface area contributed by atoms with Crippen LogP contribution in [0.25, 0.3) is 0 Å². The summed E-state index contributed by atoms with van der Waals surface area (Å²) in [6, 6.07) is 7.62. The Morgan fingerprint density at radius 3 is 2.74 bits per heavy atom. The van der Waals surface area contributed by atoms with Gasteiger partial charge in [0.15, 0.2) is 0 Å². The van der Waals surface area contributed by atoms with Gasteiger partial charge >= 0.3 is 0 Å². The maximum Gasteiger partial charge on any atom is 0.274 e. The van der Waals surface area contributed by atoms with E-state index in [4.69, 9.17) is 0 Å². The van der Waals surface area contributed by atoms with Crippen molar-refractivity contribution in [2.24, 2.45) is 0 Å². The minimum atomic E-state index is -0.497. The molecule has 0 spiro atoms. The average Bonchev–Trinajstić information content (AvgIpc) is 2.43. The monoisotopic (exact) mass is 323 g/mol. The quantitative estimate of drug-likeness (QED) is 0.911. The van der Waals surface area contributed by atoms with E-state index < -0.39 is 11.7 Å². The molecular formula is C13H11BrFN3O. The number of pyridine rings is 1. The number of halogens is 2. The van der Waals surface area contributed by atoms with E-state index in [0.29, 0.717) is 4.47 Å². The van der Waals surface area contributed by atoms with E-state index in [-0.39, 0.29) is 11.4 Å². The maximum absolute atomic E-state index is 13.5. The van der Waals surface area contributed by atoms with Crippen LogP contribution in [0.2, 0.25) is 0 Å². The molecule has 0 aliphatic rings. The molecule has 0 saturated carbocycles. The van der Waals surface area contributed by atoms with Gasteiger partial charge in [0.25, 0.3) is 5.91 Å². The predicted molar refractivity (Wildman–Crippen MR) is 75.8 cm³/mol. The molecule has 2 rings (SSSR count). The molecule has 0 saturated heterocycles. The number of aromatic nitrogens is 1. The minimum absolute atomic E-state index is 0.110. The second-order valence-electron chi connectivity index (χ2n) is 3.76. The molecule has 6 heteroatoms. The van der Waals surface area contributed by atoms with Gasteiger partial charge in [-0.25, -0.2) is 9.37 Å². The van der Waals surface area contributed by atoms with Gasteiger partial charge in [-0.05, 0) is 30.3 Å². The third kappa shape index (κ3) is 3.29. The van der Waals surface area contributed by atoms with Crippen LogP contribution < -0.4 is 10.6 Å². The van der Waals surface area contributed by atoms with Crippen LogP contribution in [0.5, 0.6) is 0 Å². The lowest BCUT2D eigenvalue weighted by atomic mass is 10.2. The Morgan fingerprint density at radius 1 is 1.32 bits per heavy atom. The van der Waals surface area contributed by atoms with Crippen molar-refractivity contribution in [2.75, 3.05) is 17.7 Å². The number of hydrogen-bond donors (Lipinski definition) is 2. The summed E-state index contributed by atoms with van der Waals surface area (Å²) in [5.41, 5.74) is 1.13. The van der Waals surface area contributed by atoms with E-state index in [0.717, 1.165) is 5.69 Å². The summed E-state index contributed by atoms with van der Waals surface area (Å²) in [5.74, 6) is -0.956. The van der Waals surface area contributed by atoms with Crippen LogP contribution in [-0.4, -0.2) is 17.9 Å². The first kappa shape index (κ1) is 13.5. The lowest BCUT2D eigenvalue weighted by Crippen LogP contribution is -2.14. The summed E-state index contributed by atoms with van der Waals surface area (Å²) in [7, 11) is 1.76. The normalized spacial score (nSPS) is 10.1. The summed E-state index contributed by atoms with van der Waals surface area (Å²) in [4.78, 5) is 15.9. The number of carbonyl (C=O) groups is 1. The molecule has 2 N–H and O–H groups in total. The second kappa shape index (κ2) is 5.79. The van der Waals surface area contributed by atoms with Crippen LogP contribution >= 0.6 is 15.9 Å². The Balaban J connectivity index is 2.18. The molecule has 0 unspecified atom stereocenters. The number of amides is 1. The van der Waals surface area contributed by atoms with Gasteiger partial charge in [0.05, 0.1) is 17.6 Å². The number of nitrogens with zero attached hydrogens (tertiary/aromatic N) is 1. The molecule has 0 aliphatic heterocycles. The average molecular weight is 324 g/mol. The maximum atomic E-state index is 13.5. The molecule has 1 aromatic heterocycles. The molecule has 1 amide bonds. The number of hydrogen-bond acceptors (Lipinski definition) is 3. The topological polar surface area (TPSA) is 54.0 Å². The van der Waals surface area contributed by atoms with Crippen LogP contribution in [0, 0.1) is 5.82 Å². The molecule has 4 nitrogen and oxygen atoms in total. The van der Waals surface area contributed by atoms with Crippen molar-refractivity contribution in [3.63, 3.8) is 0 Å². The third-order valence-electron chi connectivity index (χ3n) is 2.46. The van der Waals surface area contributed by atoms with Gasteiger partial charge in [-0.1, -0.05) is 15.9 Å². The molecule has 19 heavy (non-hydrogen) atoms. The van der Waals surface area contributed by atoms with Crippen molar-refractivity contribution in [3.8, 4) is 0 Å². The Labute approximate surface area is 118 Å².